The number of rotatable bonds is 10. The van der Waals surface area contributed by atoms with Gasteiger partial charge in [0, 0.05) is 13.1 Å². The van der Waals surface area contributed by atoms with E-state index in [2.05, 4.69) is 68.0 Å². The molecule has 0 saturated carbocycles. The van der Waals surface area contributed by atoms with Crippen LogP contribution in [0.2, 0.25) is 0 Å². The van der Waals surface area contributed by atoms with Gasteiger partial charge in [0.1, 0.15) is 6.61 Å². The van der Waals surface area contributed by atoms with E-state index in [1.54, 1.807) is 6.08 Å². The number of H-pyrrole nitrogens is 1. The third kappa shape index (κ3) is 5.59. The maximum Gasteiger partial charge on any atom is 0.188 e. The second kappa shape index (κ2) is 10.1. The van der Waals surface area contributed by atoms with Gasteiger partial charge in [0.15, 0.2) is 11.6 Å². The Labute approximate surface area is 181 Å². The molecule has 0 amide bonds. The Hall–Kier alpha value is -3.42. The molecule has 2 aromatic carbocycles. The normalized spacial score (nSPS) is 13.0. The lowest BCUT2D eigenvalue weighted by Crippen LogP contribution is -2.25. The van der Waals surface area contributed by atoms with E-state index in [-0.39, 0.29) is 5.78 Å². The summed E-state index contributed by atoms with van der Waals surface area (Å²) in [4.78, 5) is 13.6. The molecule has 1 heterocycles. The van der Waals surface area contributed by atoms with Crippen LogP contribution >= 0.6 is 0 Å². The smallest absolute Gasteiger partial charge is 0.188 e. The molecule has 4 rings (SSSR count). The van der Waals surface area contributed by atoms with Crippen LogP contribution in [0.3, 0.4) is 0 Å². The summed E-state index contributed by atoms with van der Waals surface area (Å²) < 4.78 is 0. The van der Waals surface area contributed by atoms with E-state index in [0.29, 0.717) is 12.4 Å². The first-order chi connectivity index (χ1) is 15.2. The highest BCUT2D eigenvalue weighted by Gasteiger charge is 2.16. The number of fused-ring (bicyclic) bond motifs is 1. The average Bonchev–Trinajstić information content (AvgIpc) is 3.46. The highest BCUT2D eigenvalue weighted by molar-refractivity contribution is 5.94. The molecule has 0 fully saturated rings. The summed E-state index contributed by atoms with van der Waals surface area (Å²) in [5, 5.41) is 23.2. The second-order valence-corrected chi connectivity index (χ2v) is 7.58. The van der Waals surface area contributed by atoms with Crippen molar-refractivity contribution in [2.24, 2.45) is 0 Å². The van der Waals surface area contributed by atoms with Gasteiger partial charge in [-0.2, -0.15) is 5.21 Å². The number of allylic oxidation sites excluding steroid dienone is 1. The molecule has 158 valence electrons. The van der Waals surface area contributed by atoms with Gasteiger partial charge >= 0.3 is 0 Å². The molecule has 0 aliphatic heterocycles. The summed E-state index contributed by atoms with van der Waals surface area (Å²) >= 11 is 0. The summed E-state index contributed by atoms with van der Waals surface area (Å²) in [6.07, 6.45) is 7.39. The zero-order chi connectivity index (χ0) is 21.5. The van der Waals surface area contributed by atoms with Crippen LogP contribution < -0.4 is 0 Å². The van der Waals surface area contributed by atoms with Crippen LogP contribution in [-0.2, 0) is 24.3 Å². The van der Waals surface area contributed by atoms with Crippen LogP contribution in [0.25, 0.3) is 11.6 Å². The van der Waals surface area contributed by atoms with Gasteiger partial charge in [-0.1, -0.05) is 65.9 Å². The van der Waals surface area contributed by atoms with E-state index in [0.717, 1.165) is 37.1 Å². The van der Waals surface area contributed by atoms with Crippen LogP contribution in [0.5, 0.6) is 0 Å². The van der Waals surface area contributed by atoms with E-state index in [1.165, 1.54) is 22.8 Å². The number of nitrogens with one attached hydrogen (secondary N) is 1. The molecule has 7 nitrogen and oxygen atoms in total. The fraction of sp³-hybridized carbons (Fsp3) is 0.250. The Bertz CT molecular complexity index is 1070. The summed E-state index contributed by atoms with van der Waals surface area (Å²) in [7, 11) is 0. The van der Waals surface area contributed by atoms with E-state index in [4.69, 9.17) is 5.11 Å². The van der Waals surface area contributed by atoms with Crippen LogP contribution in [0.15, 0.2) is 60.7 Å². The largest absolute Gasteiger partial charge is 0.388 e. The number of carbonyl (C=O) groups excluding carboxylic acids is 1. The molecule has 3 aromatic rings. The molecule has 0 saturated heterocycles. The molecule has 0 spiro atoms. The molecule has 31 heavy (non-hydrogen) atoms. The zero-order valence-corrected chi connectivity index (χ0v) is 17.2. The molecule has 1 aromatic heterocycles. The molecule has 0 bridgehead atoms. The Balaban J connectivity index is 1.42. The summed E-state index contributed by atoms with van der Waals surface area (Å²) in [5.41, 5.74) is 6.22. The van der Waals surface area contributed by atoms with Crippen molar-refractivity contribution < 1.29 is 9.90 Å². The van der Waals surface area contributed by atoms with Gasteiger partial charge in [0.25, 0.3) is 0 Å². The van der Waals surface area contributed by atoms with Crippen molar-refractivity contribution in [2.75, 3.05) is 13.2 Å². The minimum absolute atomic E-state index is 0.307. The molecule has 0 unspecified atom stereocenters. The van der Waals surface area contributed by atoms with Gasteiger partial charge in [-0.3, -0.25) is 9.69 Å². The number of aliphatic hydroxyl groups excluding tert-OH is 1. The minimum Gasteiger partial charge on any atom is -0.388 e. The standard InChI is InChI=1S/C24H25N5O2/c30-17-22(31)12-9-18-5-7-19(8-6-18)15-29(16-24-25-27-28-26-24)14-13-21-11-10-20-3-1-2-4-23(20)21/h1-9,11-12,30H,10,13-17H2,(H,25,26,27,28)/b12-9+. The number of benzene rings is 2. The number of nitrogens with zero attached hydrogens (tertiary/aromatic N) is 4. The summed E-state index contributed by atoms with van der Waals surface area (Å²) in [6.45, 7) is 1.77. The first-order valence-corrected chi connectivity index (χ1v) is 10.3. The third-order valence-corrected chi connectivity index (χ3v) is 5.39. The number of ketones is 1. The van der Waals surface area contributed by atoms with Gasteiger partial charge in [0.05, 0.1) is 6.54 Å². The number of aromatic amines is 1. The van der Waals surface area contributed by atoms with Gasteiger partial charge in [-0.25, -0.2) is 0 Å². The zero-order valence-electron chi connectivity index (χ0n) is 17.2. The Morgan fingerprint density at radius 3 is 2.74 bits per heavy atom. The van der Waals surface area contributed by atoms with E-state index in [1.807, 2.05) is 12.1 Å². The predicted molar refractivity (Wildman–Crippen MR) is 119 cm³/mol. The lowest BCUT2D eigenvalue weighted by Gasteiger charge is -2.21. The van der Waals surface area contributed by atoms with Gasteiger partial charge < -0.3 is 5.11 Å². The Morgan fingerprint density at radius 1 is 1.13 bits per heavy atom. The second-order valence-electron chi connectivity index (χ2n) is 7.58. The van der Waals surface area contributed by atoms with Crippen molar-refractivity contribution in [3.05, 3.63) is 88.8 Å². The maximum absolute atomic E-state index is 11.2. The Kier molecular flexibility index (Phi) is 6.76. The number of aromatic nitrogens is 4. The number of aliphatic hydroxyl groups is 1. The quantitative estimate of drug-likeness (QED) is 0.495. The SMILES string of the molecule is O=C(/C=C/c1ccc(CN(CCC2=CCc3ccccc32)Cc2nn[nH]n2)cc1)CO. The molecule has 1 aliphatic rings. The number of carbonyl (C=O) groups is 1. The van der Waals surface area contributed by atoms with Crippen molar-refractivity contribution in [3.8, 4) is 0 Å². The molecule has 0 radical (unpaired) electrons. The minimum atomic E-state index is -0.472. The maximum atomic E-state index is 11.2. The first kappa shape index (κ1) is 20.8. The van der Waals surface area contributed by atoms with Crippen molar-refractivity contribution >= 4 is 17.4 Å². The molecular weight excluding hydrogens is 390 g/mol. The average molecular weight is 415 g/mol. The van der Waals surface area contributed by atoms with Crippen LogP contribution in [-0.4, -0.2) is 49.6 Å². The van der Waals surface area contributed by atoms with E-state index < -0.39 is 6.61 Å². The van der Waals surface area contributed by atoms with Crippen molar-refractivity contribution in [1.82, 2.24) is 25.5 Å². The van der Waals surface area contributed by atoms with Gasteiger partial charge in [-0.05, 0) is 46.7 Å². The highest BCUT2D eigenvalue weighted by Crippen LogP contribution is 2.29. The topological polar surface area (TPSA) is 95.0 Å². The molecule has 7 heteroatoms. The lowest BCUT2D eigenvalue weighted by molar-refractivity contribution is -0.117. The van der Waals surface area contributed by atoms with E-state index in [9.17, 15) is 4.79 Å². The third-order valence-electron chi connectivity index (χ3n) is 5.39. The summed E-state index contributed by atoms with van der Waals surface area (Å²) in [6, 6.07) is 16.6. The van der Waals surface area contributed by atoms with Crippen LogP contribution in [0, 0.1) is 0 Å². The molecule has 2 N–H and O–H groups in total. The number of tetrazole rings is 1. The highest BCUT2D eigenvalue weighted by atomic mass is 16.3. The molecule has 1 aliphatic carbocycles. The van der Waals surface area contributed by atoms with Crippen molar-refractivity contribution in [2.45, 2.75) is 25.9 Å². The molecular formula is C24H25N5O2. The number of hydrogen-bond donors (Lipinski definition) is 2. The lowest BCUT2D eigenvalue weighted by atomic mass is 10.0. The fourth-order valence-corrected chi connectivity index (χ4v) is 3.77. The fourth-order valence-electron chi connectivity index (χ4n) is 3.77. The van der Waals surface area contributed by atoms with Crippen molar-refractivity contribution in [3.63, 3.8) is 0 Å². The monoisotopic (exact) mass is 415 g/mol. The Morgan fingerprint density at radius 2 is 1.97 bits per heavy atom. The van der Waals surface area contributed by atoms with E-state index >= 15 is 0 Å². The first-order valence-electron chi connectivity index (χ1n) is 10.3. The van der Waals surface area contributed by atoms with Crippen LogP contribution in [0.4, 0.5) is 0 Å². The van der Waals surface area contributed by atoms with Gasteiger partial charge in [0.2, 0.25) is 0 Å². The summed E-state index contributed by atoms with van der Waals surface area (Å²) in [5.74, 6) is 0.362. The molecule has 0 atom stereocenters. The number of hydrogen-bond acceptors (Lipinski definition) is 6. The van der Waals surface area contributed by atoms with Crippen LogP contribution in [0.1, 0.15) is 34.5 Å². The predicted octanol–water partition coefficient (Wildman–Crippen LogP) is 2.81. The van der Waals surface area contributed by atoms with Gasteiger partial charge in [-0.15, -0.1) is 10.2 Å². The van der Waals surface area contributed by atoms with Crippen molar-refractivity contribution in [1.29, 1.82) is 0 Å².